The van der Waals surface area contributed by atoms with Gasteiger partial charge in [-0.25, -0.2) is 0 Å². The van der Waals surface area contributed by atoms with Crippen LogP contribution in [-0.4, -0.2) is 15.5 Å². The largest absolute Gasteiger partial charge is 0.345 e. The predicted molar refractivity (Wildman–Crippen MR) is 79.0 cm³/mol. The van der Waals surface area contributed by atoms with Gasteiger partial charge in [0, 0.05) is 9.75 Å². The van der Waals surface area contributed by atoms with Gasteiger partial charge in [0.05, 0.1) is 11.7 Å². The van der Waals surface area contributed by atoms with E-state index in [9.17, 15) is 4.79 Å². The van der Waals surface area contributed by atoms with Crippen molar-refractivity contribution in [1.82, 2.24) is 14.9 Å². The number of carbonyl (C=O) groups excluding carboxylic acids is 1. The Bertz CT molecular complexity index is 588. The zero-order valence-electron chi connectivity index (χ0n) is 11.5. The van der Waals surface area contributed by atoms with E-state index < -0.39 is 0 Å². The highest BCUT2D eigenvalue weighted by molar-refractivity contribution is 7.12. The lowest BCUT2D eigenvalue weighted by molar-refractivity contribution is 0.0943. The molecule has 2 aromatic rings. The van der Waals surface area contributed by atoms with Gasteiger partial charge in [0.25, 0.3) is 5.91 Å². The van der Waals surface area contributed by atoms with Gasteiger partial charge in [-0.2, -0.15) is 0 Å². The number of hydrogen-bond acceptors (Lipinski definition) is 5. The van der Waals surface area contributed by atoms with E-state index >= 15 is 0 Å². The van der Waals surface area contributed by atoms with E-state index in [1.807, 2.05) is 13.8 Å². The van der Waals surface area contributed by atoms with E-state index in [1.54, 1.807) is 11.3 Å². The first-order chi connectivity index (χ1) is 9.02. The number of aryl methyl sites for hydroxylation is 3. The number of amides is 1. The quantitative estimate of drug-likeness (QED) is 0.942. The Hall–Kier alpha value is -1.27. The van der Waals surface area contributed by atoms with Crippen LogP contribution < -0.4 is 5.32 Å². The molecule has 102 valence electrons. The summed E-state index contributed by atoms with van der Waals surface area (Å²) in [5.41, 5.74) is 1.96. The molecule has 2 aromatic heterocycles. The molecule has 0 aromatic carbocycles. The summed E-state index contributed by atoms with van der Waals surface area (Å²) in [6.45, 7) is 8.15. The van der Waals surface area contributed by atoms with Gasteiger partial charge in [-0.05, 0) is 50.4 Å². The molecule has 0 radical (unpaired) electrons. The van der Waals surface area contributed by atoms with Crippen LogP contribution in [0.1, 0.15) is 50.6 Å². The topological polar surface area (TPSA) is 54.9 Å². The van der Waals surface area contributed by atoms with Gasteiger partial charge in [-0.3, -0.25) is 4.79 Å². The first-order valence-electron chi connectivity index (χ1n) is 6.22. The standard InChI is InChI=1S/C13H17N3OS2/c1-5-11-12(19-16-15-11)13(17)14-8(3)10-6-7(2)18-9(10)4/h6,8H,5H2,1-4H3,(H,14,17)/t8-/m1/s1. The molecule has 6 heteroatoms. The Balaban J connectivity index is 2.13. The number of nitrogens with zero attached hydrogens (tertiary/aromatic N) is 2. The van der Waals surface area contributed by atoms with Crippen molar-refractivity contribution in [2.45, 2.75) is 40.2 Å². The smallest absolute Gasteiger partial charge is 0.265 e. The van der Waals surface area contributed by atoms with Gasteiger partial charge in [0.1, 0.15) is 4.88 Å². The summed E-state index contributed by atoms with van der Waals surface area (Å²) in [6, 6.07) is 2.14. The van der Waals surface area contributed by atoms with Crippen LogP contribution in [0.3, 0.4) is 0 Å². The van der Waals surface area contributed by atoms with Crippen LogP contribution in [0.4, 0.5) is 0 Å². The van der Waals surface area contributed by atoms with Crippen LogP contribution in [0.15, 0.2) is 6.07 Å². The third kappa shape index (κ3) is 3.01. The highest BCUT2D eigenvalue weighted by Crippen LogP contribution is 2.26. The number of hydrogen-bond donors (Lipinski definition) is 1. The average Bonchev–Trinajstić information content (AvgIpc) is 2.95. The maximum absolute atomic E-state index is 12.2. The SMILES string of the molecule is CCc1nnsc1C(=O)N[C@H](C)c1cc(C)sc1C. The second-order valence-corrected chi connectivity index (χ2v) is 6.68. The Labute approximate surface area is 121 Å². The summed E-state index contributed by atoms with van der Waals surface area (Å²) in [5, 5.41) is 6.99. The lowest BCUT2D eigenvalue weighted by atomic mass is 10.1. The predicted octanol–water partition coefficient (Wildman–Crippen LogP) is 3.27. The van der Waals surface area contributed by atoms with E-state index in [0.717, 1.165) is 23.6 Å². The van der Waals surface area contributed by atoms with Crippen LogP contribution in [-0.2, 0) is 6.42 Å². The molecule has 0 aliphatic heterocycles. The lowest BCUT2D eigenvalue weighted by Gasteiger charge is -2.13. The average molecular weight is 295 g/mol. The van der Waals surface area contributed by atoms with Gasteiger partial charge in [-0.1, -0.05) is 11.4 Å². The molecular formula is C13H17N3OS2. The Morgan fingerprint density at radius 3 is 2.79 bits per heavy atom. The number of carbonyl (C=O) groups is 1. The molecule has 0 aliphatic rings. The van der Waals surface area contributed by atoms with Crippen LogP contribution >= 0.6 is 22.9 Å². The van der Waals surface area contributed by atoms with Crippen molar-refractivity contribution in [3.63, 3.8) is 0 Å². The van der Waals surface area contributed by atoms with Crippen molar-refractivity contribution in [2.75, 3.05) is 0 Å². The molecule has 0 saturated heterocycles. The van der Waals surface area contributed by atoms with Crippen LogP contribution in [0.25, 0.3) is 0 Å². The molecule has 1 amide bonds. The molecule has 0 fully saturated rings. The molecule has 0 unspecified atom stereocenters. The van der Waals surface area contributed by atoms with Crippen LogP contribution in [0, 0.1) is 13.8 Å². The first kappa shape index (κ1) is 14.1. The molecule has 2 rings (SSSR count). The highest BCUT2D eigenvalue weighted by Gasteiger charge is 2.19. The molecule has 0 spiro atoms. The zero-order valence-corrected chi connectivity index (χ0v) is 13.1. The Kier molecular flexibility index (Phi) is 4.31. The Morgan fingerprint density at radius 1 is 1.47 bits per heavy atom. The number of rotatable bonds is 4. The minimum absolute atomic E-state index is 0.00394. The van der Waals surface area contributed by atoms with Gasteiger partial charge in [0.15, 0.2) is 0 Å². The summed E-state index contributed by atoms with van der Waals surface area (Å²) < 4.78 is 3.85. The van der Waals surface area contributed by atoms with Crippen molar-refractivity contribution < 1.29 is 4.79 Å². The molecule has 0 aliphatic carbocycles. The van der Waals surface area contributed by atoms with Crippen molar-refractivity contribution >= 4 is 28.8 Å². The van der Waals surface area contributed by atoms with Crippen molar-refractivity contribution in [2.24, 2.45) is 0 Å². The summed E-state index contributed by atoms with van der Waals surface area (Å²) in [4.78, 5) is 15.4. The van der Waals surface area contributed by atoms with E-state index in [-0.39, 0.29) is 11.9 Å². The maximum atomic E-state index is 12.2. The van der Waals surface area contributed by atoms with Crippen molar-refractivity contribution in [3.05, 3.63) is 32.0 Å². The van der Waals surface area contributed by atoms with E-state index in [2.05, 4.69) is 34.8 Å². The molecule has 1 atom stereocenters. The minimum Gasteiger partial charge on any atom is -0.345 e. The van der Waals surface area contributed by atoms with Crippen molar-refractivity contribution in [3.8, 4) is 0 Å². The molecule has 0 bridgehead atoms. The highest BCUT2D eigenvalue weighted by atomic mass is 32.1. The monoisotopic (exact) mass is 295 g/mol. The summed E-state index contributed by atoms with van der Waals surface area (Å²) in [5.74, 6) is -0.0809. The van der Waals surface area contributed by atoms with Gasteiger partial charge < -0.3 is 5.32 Å². The minimum atomic E-state index is -0.0809. The number of nitrogens with one attached hydrogen (secondary N) is 1. The Morgan fingerprint density at radius 2 is 2.21 bits per heavy atom. The molecule has 4 nitrogen and oxygen atoms in total. The number of aromatic nitrogens is 2. The molecule has 19 heavy (non-hydrogen) atoms. The maximum Gasteiger partial charge on any atom is 0.265 e. The normalized spacial score (nSPS) is 12.4. The fourth-order valence-corrected chi connectivity index (χ4v) is 3.71. The summed E-state index contributed by atoms with van der Waals surface area (Å²) in [6.07, 6.45) is 0.726. The fourth-order valence-electron chi connectivity index (χ4n) is 2.03. The van der Waals surface area contributed by atoms with E-state index in [4.69, 9.17) is 0 Å². The summed E-state index contributed by atoms with van der Waals surface area (Å²) in [7, 11) is 0. The molecule has 1 N–H and O–H groups in total. The number of thiophene rings is 1. The third-order valence-electron chi connectivity index (χ3n) is 2.99. The summed E-state index contributed by atoms with van der Waals surface area (Å²) >= 11 is 2.91. The lowest BCUT2D eigenvalue weighted by Crippen LogP contribution is -2.26. The second kappa shape index (κ2) is 5.79. The first-order valence-corrected chi connectivity index (χ1v) is 7.81. The van der Waals surface area contributed by atoms with Crippen LogP contribution in [0.2, 0.25) is 0 Å². The molecular weight excluding hydrogens is 278 g/mol. The molecule has 2 heterocycles. The van der Waals surface area contributed by atoms with E-state index in [0.29, 0.717) is 4.88 Å². The second-order valence-electron chi connectivity index (χ2n) is 4.47. The van der Waals surface area contributed by atoms with Gasteiger partial charge >= 0.3 is 0 Å². The fraction of sp³-hybridized carbons (Fsp3) is 0.462. The van der Waals surface area contributed by atoms with Crippen LogP contribution in [0.5, 0.6) is 0 Å². The van der Waals surface area contributed by atoms with E-state index in [1.165, 1.54) is 15.3 Å². The van der Waals surface area contributed by atoms with Gasteiger partial charge in [-0.15, -0.1) is 16.4 Å². The van der Waals surface area contributed by atoms with Gasteiger partial charge in [0.2, 0.25) is 0 Å². The van der Waals surface area contributed by atoms with Crippen molar-refractivity contribution in [1.29, 1.82) is 0 Å². The zero-order chi connectivity index (χ0) is 14.0. The molecule has 0 saturated carbocycles. The third-order valence-corrected chi connectivity index (χ3v) is 4.74.